The molecule has 0 saturated carbocycles. The second-order valence-corrected chi connectivity index (χ2v) is 6.14. The molecule has 2 unspecified atom stereocenters. The van der Waals surface area contributed by atoms with Crippen molar-refractivity contribution < 1.29 is 14.9 Å². The molecule has 9 heteroatoms. The molecule has 1 aliphatic rings. The molecule has 0 saturated heterocycles. The van der Waals surface area contributed by atoms with Crippen molar-refractivity contribution in [2.45, 2.75) is 17.8 Å². The Hall–Kier alpha value is -2.87. The number of hydrogen-bond donors (Lipinski definition) is 1. The van der Waals surface area contributed by atoms with Crippen LogP contribution < -0.4 is 0 Å². The molecule has 0 bridgehead atoms. The minimum atomic E-state index is -1.88. The predicted molar refractivity (Wildman–Crippen MR) is 89.9 cm³/mol. The number of allylic oxidation sites excluding steroid dienone is 1. The van der Waals surface area contributed by atoms with Crippen molar-refractivity contribution in [1.82, 2.24) is 14.7 Å². The zero-order valence-electron chi connectivity index (χ0n) is 13.5. The Morgan fingerprint density at radius 3 is 2.88 bits per heavy atom. The van der Waals surface area contributed by atoms with E-state index < -0.39 is 15.8 Å². The molecule has 0 fully saturated rings. The number of pyridine rings is 1. The molecule has 25 heavy (non-hydrogen) atoms. The number of aromatic nitrogens is 3. The lowest BCUT2D eigenvalue weighted by Crippen LogP contribution is -2.31. The molecule has 2 aromatic rings. The van der Waals surface area contributed by atoms with Crippen LogP contribution in [0, 0.1) is 17.0 Å². The SMILES string of the molecule is COC1=CC(Cl)([N+](=O)[O-])C=CC1c1nc(C)c(-c2cccnc2)n1O. The monoisotopic (exact) mass is 362 g/mol. The van der Waals surface area contributed by atoms with E-state index in [4.69, 9.17) is 16.3 Å². The third kappa shape index (κ3) is 2.85. The van der Waals surface area contributed by atoms with Gasteiger partial charge in [-0.2, -0.15) is 4.73 Å². The number of halogens is 1. The number of hydrogen-bond acceptors (Lipinski definition) is 6. The maximum atomic E-state index is 11.1. The van der Waals surface area contributed by atoms with E-state index in [9.17, 15) is 15.3 Å². The first-order chi connectivity index (χ1) is 11.9. The number of nitrogens with zero attached hydrogens (tertiary/aromatic N) is 4. The lowest BCUT2D eigenvalue weighted by atomic mass is 9.97. The highest BCUT2D eigenvalue weighted by Crippen LogP contribution is 2.37. The van der Waals surface area contributed by atoms with Gasteiger partial charge in [-0.1, -0.05) is 6.08 Å². The molecule has 0 aliphatic heterocycles. The quantitative estimate of drug-likeness (QED) is 0.224. The van der Waals surface area contributed by atoms with Crippen LogP contribution >= 0.6 is 11.6 Å². The fourth-order valence-electron chi connectivity index (χ4n) is 2.75. The molecular weight excluding hydrogens is 348 g/mol. The summed E-state index contributed by atoms with van der Waals surface area (Å²) in [6, 6.07) is 3.55. The Morgan fingerprint density at radius 1 is 1.52 bits per heavy atom. The Morgan fingerprint density at radius 2 is 2.28 bits per heavy atom. The van der Waals surface area contributed by atoms with Gasteiger partial charge in [-0.25, -0.2) is 4.98 Å². The predicted octanol–water partition coefficient (Wildman–Crippen LogP) is 2.89. The fourth-order valence-corrected chi connectivity index (χ4v) is 2.93. The Bertz CT molecular complexity index is 878. The third-order valence-electron chi connectivity index (χ3n) is 3.96. The molecule has 8 nitrogen and oxygen atoms in total. The minimum Gasteiger partial charge on any atom is -0.500 e. The smallest absolute Gasteiger partial charge is 0.335 e. The van der Waals surface area contributed by atoms with Gasteiger partial charge in [0.2, 0.25) is 0 Å². The first-order valence-electron chi connectivity index (χ1n) is 7.35. The van der Waals surface area contributed by atoms with E-state index in [1.807, 2.05) is 0 Å². The van der Waals surface area contributed by atoms with Crippen molar-refractivity contribution in [3.8, 4) is 11.3 Å². The maximum absolute atomic E-state index is 11.1. The number of methoxy groups -OCH3 is 1. The highest BCUT2D eigenvalue weighted by atomic mass is 35.5. The molecule has 1 aliphatic carbocycles. The number of nitro groups is 1. The average molecular weight is 363 g/mol. The van der Waals surface area contributed by atoms with Gasteiger partial charge in [0.1, 0.15) is 11.5 Å². The molecule has 2 atom stereocenters. The van der Waals surface area contributed by atoms with Crippen LogP contribution in [0.2, 0.25) is 0 Å². The van der Waals surface area contributed by atoms with Crippen molar-refractivity contribution in [1.29, 1.82) is 0 Å². The second kappa shape index (κ2) is 6.21. The maximum Gasteiger partial charge on any atom is 0.335 e. The van der Waals surface area contributed by atoms with E-state index in [-0.39, 0.29) is 11.6 Å². The summed E-state index contributed by atoms with van der Waals surface area (Å²) in [5, 5.41) is 21.7. The van der Waals surface area contributed by atoms with E-state index in [2.05, 4.69) is 9.97 Å². The van der Waals surface area contributed by atoms with E-state index in [1.165, 1.54) is 25.3 Å². The van der Waals surface area contributed by atoms with E-state index >= 15 is 0 Å². The summed E-state index contributed by atoms with van der Waals surface area (Å²) in [7, 11) is 1.38. The molecule has 0 radical (unpaired) electrons. The molecule has 130 valence electrons. The van der Waals surface area contributed by atoms with Gasteiger partial charge in [-0.3, -0.25) is 15.1 Å². The number of aryl methyl sites for hydroxylation is 1. The van der Waals surface area contributed by atoms with E-state index in [1.54, 1.807) is 31.5 Å². The van der Waals surface area contributed by atoms with Crippen LogP contribution in [-0.4, -0.2) is 36.9 Å². The summed E-state index contributed by atoms with van der Waals surface area (Å²) in [5.74, 6) is -0.110. The zero-order chi connectivity index (χ0) is 18.2. The Kier molecular flexibility index (Phi) is 4.22. The van der Waals surface area contributed by atoms with Crippen LogP contribution in [0.3, 0.4) is 0 Å². The van der Waals surface area contributed by atoms with Crippen molar-refractivity contribution in [3.63, 3.8) is 0 Å². The summed E-state index contributed by atoms with van der Waals surface area (Å²) in [6.45, 7) is 1.75. The molecule has 2 heterocycles. The molecule has 0 spiro atoms. The van der Waals surface area contributed by atoms with Crippen molar-refractivity contribution >= 4 is 11.6 Å². The largest absolute Gasteiger partial charge is 0.500 e. The van der Waals surface area contributed by atoms with Gasteiger partial charge < -0.3 is 9.94 Å². The van der Waals surface area contributed by atoms with Crippen molar-refractivity contribution in [2.24, 2.45) is 0 Å². The topological polar surface area (TPSA) is 103 Å². The number of ether oxygens (including phenoxy) is 1. The van der Waals surface area contributed by atoms with Gasteiger partial charge in [0.15, 0.2) is 5.82 Å². The van der Waals surface area contributed by atoms with Gasteiger partial charge >= 0.3 is 5.00 Å². The summed E-state index contributed by atoms with van der Waals surface area (Å²) in [6.07, 6.45) is 7.19. The van der Waals surface area contributed by atoms with Crippen LogP contribution in [0.25, 0.3) is 11.3 Å². The zero-order valence-corrected chi connectivity index (χ0v) is 14.2. The highest BCUT2D eigenvalue weighted by Gasteiger charge is 2.41. The van der Waals surface area contributed by atoms with E-state index in [0.717, 1.165) is 4.73 Å². The van der Waals surface area contributed by atoms with Gasteiger partial charge in [-0.15, -0.1) is 0 Å². The molecule has 2 aromatic heterocycles. The number of imidazole rings is 1. The lowest BCUT2D eigenvalue weighted by molar-refractivity contribution is -0.514. The second-order valence-electron chi connectivity index (χ2n) is 5.53. The number of rotatable bonds is 4. The first kappa shape index (κ1) is 17.0. The van der Waals surface area contributed by atoms with Gasteiger partial charge in [-0.05, 0) is 30.7 Å². The van der Waals surface area contributed by atoms with Gasteiger partial charge in [0, 0.05) is 24.0 Å². The van der Waals surface area contributed by atoms with Crippen LogP contribution in [0.4, 0.5) is 0 Å². The van der Waals surface area contributed by atoms with Crippen LogP contribution in [0.1, 0.15) is 17.4 Å². The number of alkyl halides is 1. The summed E-state index contributed by atoms with van der Waals surface area (Å²) >= 11 is 5.97. The Balaban J connectivity index is 2.07. The van der Waals surface area contributed by atoms with Crippen molar-refractivity contribution in [2.75, 3.05) is 7.11 Å². The molecular formula is C16H15ClN4O4. The molecule has 0 aromatic carbocycles. The molecule has 3 rings (SSSR count). The van der Waals surface area contributed by atoms with Crippen LogP contribution in [0.5, 0.6) is 0 Å². The summed E-state index contributed by atoms with van der Waals surface area (Å²) < 4.78 is 6.20. The average Bonchev–Trinajstić information content (AvgIpc) is 2.89. The van der Waals surface area contributed by atoms with Crippen LogP contribution in [-0.2, 0) is 4.74 Å². The minimum absolute atomic E-state index is 0.229. The van der Waals surface area contributed by atoms with Gasteiger partial charge in [0.25, 0.3) is 0 Å². The lowest BCUT2D eigenvalue weighted by Gasteiger charge is -2.22. The third-order valence-corrected chi connectivity index (χ3v) is 4.33. The normalized spacial score (nSPS) is 22.5. The molecule has 0 amide bonds. The summed E-state index contributed by atoms with van der Waals surface area (Å²) in [5.41, 5.74) is 1.77. The van der Waals surface area contributed by atoms with Crippen LogP contribution in [0.15, 0.2) is 48.5 Å². The first-order valence-corrected chi connectivity index (χ1v) is 7.73. The van der Waals surface area contributed by atoms with E-state index in [0.29, 0.717) is 17.0 Å². The summed E-state index contributed by atoms with van der Waals surface area (Å²) in [4.78, 5) is 17.1. The molecule has 1 N–H and O–H groups in total. The van der Waals surface area contributed by atoms with Crippen molar-refractivity contribution in [3.05, 3.63) is 70.1 Å². The Labute approximate surface area is 148 Å². The highest BCUT2D eigenvalue weighted by molar-refractivity contribution is 6.25. The van der Waals surface area contributed by atoms with Gasteiger partial charge in [0.05, 0.1) is 29.7 Å². The standard InChI is InChI=1S/C16H15ClN4O4/c1-10-14(11-4-3-7-18-9-11)20(22)15(19-10)12-5-6-16(17,21(23)24)8-13(12)25-2/h3-9,12,22H,1-2H3. The fraction of sp³-hybridized carbons (Fsp3) is 0.250.